The van der Waals surface area contributed by atoms with Gasteiger partial charge in [0.05, 0.1) is 28.4 Å². The summed E-state index contributed by atoms with van der Waals surface area (Å²) in [5, 5.41) is 0.457. The molecular formula is C27H28Cl2N4O5S. The van der Waals surface area contributed by atoms with Gasteiger partial charge in [-0.25, -0.2) is 14.8 Å². The van der Waals surface area contributed by atoms with E-state index in [0.29, 0.717) is 39.5 Å². The van der Waals surface area contributed by atoms with Crippen molar-refractivity contribution in [3.63, 3.8) is 0 Å². The summed E-state index contributed by atoms with van der Waals surface area (Å²) < 4.78 is 17.4. The summed E-state index contributed by atoms with van der Waals surface area (Å²) in [6.07, 6.45) is 4.64. The molecule has 3 heterocycles. The van der Waals surface area contributed by atoms with Crippen molar-refractivity contribution in [3.05, 3.63) is 52.1 Å². The van der Waals surface area contributed by atoms with Crippen LogP contribution in [-0.2, 0) is 16.1 Å². The molecule has 206 valence electrons. The summed E-state index contributed by atoms with van der Waals surface area (Å²) >= 11 is 13.0. The molecule has 5 rings (SSSR count). The predicted molar refractivity (Wildman–Crippen MR) is 150 cm³/mol. The zero-order valence-corrected chi connectivity index (χ0v) is 24.0. The standard InChI is InChI=1S/C27H28Cl2N4O5S/c1-14(2)23(32-29)27(35)38-21(15-4-5-15)13-37-19-7-6-18(9-20(19)36-3)33-12-16-8-22(39-24(16)26(33)34)25-30-10-17(28)11-31-25/h6-11,14-15,21,23,32H,4-5,12-13H2,1-3H3/t21-,23-/m0/s1. The van der Waals surface area contributed by atoms with Crippen LogP contribution < -0.4 is 19.2 Å². The minimum Gasteiger partial charge on any atom is -0.493 e. The van der Waals surface area contributed by atoms with Crippen LogP contribution in [0.25, 0.3) is 10.7 Å². The number of hydrogen-bond donors (Lipinski definition) is 1. The Morgan fingerprint density at radius 2 is 1.95 bits per heavy atom. The lowest BCUT2D eigenvalue weighted by atomic mass is 10.1. The fourth-order valence-electron chi connectivity index (χ4n) is 4.37. The molecule has 12 heteroatoms. The highest BCUT2D eigenvalue weighted by Crippen LogP contribution is 2.40. The Kier molecular flexibility index (Phi) is 8.27. The van der Waals surface area contributed by atoms with Crippen LogP contribution in [-0.4, -0.2) is 47.7 Å². The first kappa shape index (κ1) is 27.6. The third-order valence-electron chi connectivity index (χ3n) is 6.73. The molecule has 2 aliphatic rings. The molecule has 1 fully saturated rings. The van der Waals surface area contributed by atoms with Crippen LogP contribution in [0.4, 0.5) is 5.69 Å². The topological polar surface area (TPSA) is 103 Å². The number of amides is 1. The lowest BCUT2D eigenvalue weighted by Crippen LogP contribution is -2.40. The zero-order chi connectivity index (χ0) is 27.7. The molecule has 0 spiro atoms. The average Bonchev–Trinajstić information content (AvgIpc) is 3.61. The van der Waals surface area contributed by atoms with Crippen LogP contribution in [0.5, 0.6) is 11.5 Å². The molecule has 9 nitrogen and oxygen atoms in total. The molecule has 1 N–H and O–H groups in total. The Morgan fingerprint density at radius 3 is 2.56 bits per heavy atom. The van der Waals surface area contributed by atoms with E-state index in [1.807, 2.05) is 26.0 Å². The van der Waals surface area contributed by atoms with Gasteiger partial charge in [-0.1, -0.05) is 25.4 Å². The molecule has 2 atom stereocenters. The maximum Gasteiger partial charge on any atom is 0.325 e. The quantitative estimate of drug-likeness (QED) is 0.231. The number of anilines is 1. The number of methoxy groups -OCH3 is 1. The molecule has 3 aromatic rings. The molecular weight excluding hydrogens is 563 g/mol. The molecule has 1 aliphatic carbocycles. The molecule has 0 bridgehead atoms. The fourth-order valence-corrected chi connectivity index (χ4v) is 5.87. The van der Waals surface area contributed by atoms with Crippen molar-refractivity contribution in [3.8, 4) is 22.2 Å². The number of nitrogens with zero attached hydrogens (tertiary/aromatic N) is 3. The number of halogens is 2. The van der Waals surface area contributed by atoms with Crippen molar-refractivity contribution >= 4 is 52.3 Å². The second-order valence-corrected chi connectivity index (χ2v) is 11.6. The molecule has 39 heavy (non-hydrogen) atoms. The van der Waals surface area contributed by atoms with Crippen LogP contribution in [0.1, 0.15) is 41.9 Å². The number of carbonyl (C=O) groups excluding carboxylic acids is 2. The summed E-state index contributed by atoms with van der Waals surface area (Å²) in [5.74, 6) is 1.27. The van der Waals surface area contributed by atoms with E-state index in [1.165, 1.54) is 23.7 Å². The monoisotopic (exact) mass is 590 g/mol. The lowest BCUT2D eigenvalue weighted by molar-refractivity contribution is -0.155. The van der Waals surface area contributed by atoms with Gasteiger partial charge >= 0.3 is 5.97 Å². The summed E-state index contributed by atoms with van der Waals surface area (Å²) in [6.45, 7) is 4.41. The van der Waals surface area contributed by atoms with Crippen LogP contribution in [0.15, 0.2) is 36.7 Å². The van der Waals surface area contributed by atoms with Gasteiger partial charge in [0, 0.05) is 24.1 Å². The van der Waals surface area contributed by atoms with E-state index < -0.39 is 12.0 Å². The number of rotatable bonds is 11. The predicted octanol–water partition coefficient (Wildman–Crippen LogP) is 5.50. The maximum absolute atomic E-state index is 13.2. The Hall–Kier alpha value is -2.92. The lowest BCUT2D eigenvalue weighted by Gasteiger charge is -2.24. The number of nitrogens with one attached hydrogen (secondary N) is 1. The third kappa shape index (κ3) is 5.99. The van der Waals surface area contributed by atoms with E-state index in [4.69, 9.17) is 37.6 Å². The van der Waals surface area contributed by atoms with Gasteiger partial charge in [0.2, 0.25) is 0 Å². The number of aromatic nitrogens is 2. The third-order valence-corrected chi connectivity index (χ3v) is 8.32. The largest absolute Gasteiger partial charge is 0.493 e. The average molecular weight is 592 g/mol. The van der Waals surface area contributed by atoms with Gasteiger partial charge < -0.3 is 19.1 Å². The van der Waals surface area contributed by atoms with Crippen molar-refractivity contribution in [1.29, 1.82) is 0 Å². The summed E-state index contributed by atoms with van der Waals surface area (Å²) in [5.41, 5.74) is 1.60. The Labute approximate surface area is 240 Å². The number of thiophene rings is 1. The highest BCUT2D eigenvalue weighted by atomic mass is 35.5. The van der Waals surface area contributed by atoms with E-state index in [2.05, 4.69) is 14.8 Å². The van der Waals surface area contributed by atoms with Crippen LogP contribution in [0.3, 0.4) is 0 Å². The van der Waals surface area contributed by atoms with Gasteiger partial charge in [-0.2, -0.15) is 0 Å². The molecule has 1 aromatic carbocycles. The SMILES string of the molecule is COc1cc(N2Cc3cc(-c4ncc(Cl)cn4)sc3C2=O)ccc1OC[C@H](OC(=O)[C@@H](NCl)C(C)C)C1CC1. The van der Waals surface area contributed by atoms with E-state index in [1.54, 1.807) is 24.1 Å². The first-order chi connectivity index (χ1) is 18.8. The van der Waals surface area contributed by atoms with Gasteiger partial charge in [0.1, 0.15) is 18.8 Å². The molecule has 0 radical (unpaired) electrons. The summed E-state index contributed by atoms with van der Waals surface area (Å²) in [7, 11) is 1.55. The van der Waals surface area contributed by atoms with Crippen molar-refractivity contribution in [2.75, 3.05) is 18.6 Å². The number of ether oxygens (including phenoxy) is 3. The second-order valence-electron chi connectivity index (χ2n) is 9.87. The summed E-state index contributed by atoms with van der Waals surface area (Å²) in [6, 6.07) is 6.71. The molecule has 0 saturated heterocycles. The first-order valence-corrected chi connectivity index (χ1v) is 14.2. The Morgan fingerprint density at radius 1 is 1.21 bits per heavy atom. The number of esters is 1. The van der Waals surface area contributed by atoms with Crippen molar-refractivity contribution in [2.45, 2.75) is 45.4 Å². The van der Waals surface area contributed by atoms with E-state index in [-0.39, 0.29) is 30.5 Å². The number of benzene rings is 1. The molecule has 1 amide bonds. The normalized spacial score (nSPS) is 16.3. The van der Waals surface area contributed by atoms with E-state index >= 15 is 0 Å². The minimum absolute atomic E-state index is 0.0150. The van der Waals surface area contributed by atoms with E-state index in [9.17, 15) is 9.59 Å². The highest BCUT2D eigenvalue weighted by molar-refractivity contribution is 7.17. The van der Waals surface area contributed by atoms with Gasteiger partial charge in [-0.15, -0.1) is 11.3 Å². The zero-order valence-electron chi connectivity index (χ0n) is 21.6. The first-order valence-electron chi connectivity index (χ1n) is 12.6. The van der Waals surface area contributed by atoms with Gasteiger partial charge in [-0.3, -0.25) is 9.59 Å². The van der Waals surface area contributed by atoms with E-state index in [0.717, 1.165) is 23.3 Å². The van der Waals surface area contributed by atoms with Crippen LogP contribution >= 0.6 is 34.7 Å². The maximum atomic E-state index is 13.2. The fraction of sp³-hybridized carbons (Fsp3) is 0.407. The van der Waals surface area contributed by atoms with Gasteiger partial charge in [0.15, 0.2) is 17.3 Å². The number of hydrogen-bond acceptors (Lipinski definition) is 9. The van der Waals surface area contributed by atoms with Gasteiger partial charge in [0.25, 0.3) is 5.91 Å². The van der Waals surface area contributed by atoms with Crippen molar-refractivity contribution in [2.24, 2.45) is 11.8 Å². The Bertz CT molecular complexity index is 1360. The Balaban J connectivity index is 1.26. The highest BCUT2D eigenvalue weighted by Gasteiger charge is 2.37. The molecule has 2 aromatic heterocycles. The van der Waals surface area contributed by atoms with Crippen LogP contribution in [0.2, 0.25) is 5.02 Å². The smallest absolute Gasteiger partial charge is 0.325 e. The molecule has 0 unspecified atom stereocenters. The minimum atomic E-state index is -0.599. The van der Waals surface area contributed by atoms with Gasteiger partial charge in [-0.05, 0) is 60.2 Å². The number of fused-ring (bicyclic) bond motifs is 1. The summed E-state index contributed by atoms with van der Waals surface area (Å²) in [4.78, 5) is 40.0. The molecule has 1 saturated carbocycles. The van der Waals surface area contributed by atoms with Crippen molar-refractivity contribution in [1.82, 2.24) is 14.8 Å². The van der Waals surface area contributed by atoms with Crippen molar-refractivity contribution < 1.29 is 23.8 Å². The molecule has 1 aliphatic heterocycles. The van der Waals surface area contributed by atoms with Crippen LogP contribution in [0, 0.1) is 11.8 Å². The number of carbonyl (C=O) groups is 2. The second kappa shape index (κ2) is 11.7.